The van der Waals surface area contributed by atoms with Crippen LogP contribution in [0.3, 0.4) is 0 Å². The molecule has 1 N–H and O–H groups in total. The van der Waals surface area contributed by atoms with Gasteiger partial charge in [-0.05, 0) is 56.0 Å². The second-order valence-corrected chi connectivity index (χ2v) is 7.35. The van der Waals surface area contributed by atoms with Gasteiger partial charge in [0.25, 0.3) is 5.91 Å². The molecule has 3 heterocycles. The second-order valence-electron chi connectivity index (χ2n) is 7.35. The van der Waals surface area contributed by atoms with E-state index >= 15 is 0 Å². The van der Waals surface area contributed by atoms with Gasteiger partial charge in [-0.25, -0.2) is 9.97 Å². The molecule has 1 amide bonds. The summed E-state index contributed by atoms with van der Waals surface area (Å²) in [5, 5.41) is 3.01. The van der Waals surface area contributed by atoms with Crippen molar-refractivity contribution in [3.05, 3.63) is 72.2 Å². The van der Waals surface area contributed by atoms with E-state index in [1.54, 1.807) is 12.4 Å². The number of aromatic nitrogens is 3. The molecule has 4 rings (SSSR count). The van der Waals surface area contributed by atoms with Crippen molar-refractivity contribution >= 4 is 11.9 Å². The summed E-state index contributed by atoms with van der Waals surface area (Å²) >= 11 is 0. The van der Waals surface area contributed by atoms with Gasteiger partial charge in [-0.2, -0.15) is 0 Å². The summed E-state index contributed by atoms with van der Waals surface area (Å²) in [5.41, 5.74) is 3.44. The van der Waals surface area contributed by atoms with E-state index < -0.39 is 0 Å². The lowest BCUT2D eigenvalue weighted by Crippen LogP contribution is -2.30. The minimum Gasteiger partial charge on any atom is -0.345 e. The topological polar surface area (TPSA) is 71.0 Å². The maximum absolute atomic E-state index is 12.6. The Morgan fingerprint density at radius 1 is 1.03 bits per heavy atom. The minimum absolute atomic E-state index is 0.107. The van der Waals surface area contributed by atoms with Crippen LogP contribution in [-0.4, -0.2) is 33.9 Å². The highest BCUT2D eigenvalue weighted by atomic mass is 16.1. The maximum Gasteiger partial charge on any atom is 0.251 e. The van der Waals surface area contributed by atoms with Crippen molar-refractivity contribution in [2.45, 2.75) is 32.2 Å². The predicted molar refractivity (Wildman–Crippen MR) is 114 cm³/mol. The molecule has 3 aromatic rings. The third-order valence-electron chi connectivity index (χ3n) is 5.26. The van der Waals surface area contributed by atoms with Crippen molar-refractivity contribution in [1.29, 1.82) is 0 Å². The Labute approximate surface area is 171 Å². The first kappa shape index (κ1) is 19.1. The Hall–Kier alpha value is -3.28. The first-order chi connectivity index (χ1) is 14.2. The zero-order valence-electron chi connectivity index (χ0n) is 16.6. The van der Waals surface area contributed by atoms with Crippen molar-refractivity contribution in [3.8, 4) is 11.3 Å². The van der Waals surface area contributed by atoms with E-state index in [9.17, 15) is 4.79 Å². The highest BCUT2D eigenvalue weighted by molar-refractivity contribution is 5.94. The standard InChI is InChI=1S/C23H25N5O/c1-17(20-6-5-12-24-16-20)26-22(29)19-9-7-18(8-10-19)21-11-13-25-23(27-21)28-14-3-2-4-15-28/h5-13,16-17H,2-4,14-15H2,1H3,(H,26,29)/t17-/m0/s1. The monoisotopic (exact) mass is 387 g/mol. The minimum atomic E-state index is -0.107. The van der Waals surface area contributed by atoms with Gasteiger partial charge in [0.1, 0.15) is 0 Å². The quantitative estimate of drug-likeness (QED) is 0.716. The van der Waals surface area contributed by atoms with Crippen LogP contribution in [0.15, 0.2) is 61.1 Å². The van der Waals surface area contributed by atoms with Gasteiger partial charge in [-0.3, -0.25) is 9.78 Å². The summed E-state index contributed by atoms with van der Waals surface area (Å²) < 4.78 is 0. The lowest BCUT2D eigenvalue weighted by molar-refractivity contribution is 0.0940. The first-order valence-corrected chi connectivity index (χ1v) is 10.1. The second kappa shape index (κ2) is 8.82. The van der Waals surface area contributed by atoms with Gasteiger partial charge < -0.3 is 10.2 Å². The Morgan fingerprint density at radius 3 is 2.55 bits per heavy atom. The van der Waals surface area contributed by atoms with Gasteiger partial charge in [-0.15, -0.1) is 0 Å². The number of piperidine rings is 1. The summed E-state index contributed by atoms with van der Waals surface area (Å²) in [6.07, 6.45) is 8.95. The molecular weight excluding hydrogens is 362 g/mol. The summed E-state index contributed by atoms with van der Waals surface area (Å²) in [6, 6.07) is 13.2. The zero-order valence-corrected chi connectivity index (χ0v) is 16.6. The molecule has 29 heavy (non-hydrogen) atoms. The average molecular weight is 387 g/mol. The number of pyridine rings is 1. The number of nitrogens with zero attached hydrogens (tertiary/aromatic N) is 4. The third kappa shape index (κ3) is 4.59. The lowest BCUT2D eigenvalue weighted by atomic mass is 10.1. The molecule has 1 fully saturated rings. The van der Waals surface area contributed by atoms with Crippen molar-refractivity contribution in [1.82, 2.24) is 20.3 Å². The summed E-state index contributed by atoms with van der Waals surface area (Å²) in [5.74, 6) is 0.680. The lowest BCUT2D eigenvalue weighted by Gasteiger charge is -2.26. The molecule has 1 aromatic carbocycles. The van der Waals surface area contributed by atoms with Crippen molar-refractivity contribution in [3.63, 3.8) is 0 Å². The Kier molecular flexibility index (Phi) is 5.79. The molecule has 1 aliphatic rings. The largest absolute Gasteiger partial charge is 0.345 e. The summed E-state index contributed by atoms with van der Waals surface area (Å²) in [4.78, 5) is 28.1. The highest BCUT2D eigenvalue weighted by Crippen LogP contribution is 2.22. The Balaban J connectivity index is 1.45. The number of hydrogen-bond donors (Lipinski definition) is 1. The van der Waals surface area contributed by atoms with Gasteiger partial charge in [0.2, 0.25) is 5.95 Å². The molecule has 0 radical (unpaired) electrons. The van der Waals surface area contributed by atoms with E-state index in [0.29, 0.717) is 5.56 Å². The number of carbonyl (C=O) groups excluding carboxylic acids is 1. The SMILES string of the molecule is C[C@H](NC(=O)c1ccc(-c2ccnc(N3CCCCC3)n2)cc1)c1cccnc1. The van der Waals surface area contributed by atoms with Gasteiger partial charge in [-0.1, -0.05) is 18.2 Å². The molecule has 0 spiro atoms. The molecule has 6 nitrogen and oxygen atoms in total. The number of nitrogens with one attached hydrogen (secondary N) is 1. The van der Waals surface area contributed by atoms with Crippen molar-refractivity contribution in [2.75, 3.05) is 18.0 Å². The van der Waals surface area contributed by atoms with Crippen molar-refractivity contribution < 1.29 is 4.79 Å². The number of rotatable bonds is 5. The molecule has 2 aromatic heterocycles. The van der Waals surface area contributed by atoms with E-state index in [1.807, 2.05) is 55.6 Å². The van der Waals surface area contributed by atoms with Gasteiger partial charge in [0.15, 0.2) is 0 Å². The smallest absolute Gasteiger partial charge is 0.251 e. The molecule has 148 valence electrons. The fraction of sp³-hybridized carbons (Fsp3) is 0.304. The Morgan fingerprint density at radius 2 is 1.83 bits per heavy atom. The summed E-state index contributed by atoms with van der Waals surface area (Å²) in [6.45, 7) is 3.97. The normalized spacial score (nSPS) is 15.0. The highest BCUT2D eigenvalue weighted by Gasteiger charge is 2.15. The fourth-order valence-corrected chi connectivity index (χ4v) is 3.54. The van der Waals surface area contributed by atoms with Gasteiger partial charge >= 0.3 is 0 Å². The van der Waals surface area contributed by atoms with Crippen LogP contribution in [0.2, 0.25) is 0 Å². The number of anilines is 1. The number of hydrogen-bond acceptors (Lipinski definition) is 5. The molecule has 1 saturated heterocycles. The maximum atomic E-state index is 12.6. The van der Waals surface area contributed by atoms with Crippen molar-refractivity contribution in [2.24, 2.45) is 0 Å². The van der Waals surface area contributed by atoms with E-state index in [4.69, 9.17) is 4.98 Å². The van der Waals surface area contributed by atoms with Crippen LogP contribution >= 0.6 is 0 Å². The third-order valence-corrected chi connectivity index (χ3v) is 5.26. The fourth-order valence-electron chi connectivity index (χ4n) is 3.54. The number of amides is 1. The van der Waals surface area contributed by atoms with E-state index in [0.717, 1.165) is 35.9 Å². The molecule has 1 atom stereocenters. The van der Waals surface area contributed by atoms with E-state index in [1.165, 1.54) is 19.3 Å². The average Bonchev–Trinajstić information content (AvgIpc) is 2.80. The molecule has 6 heteroatoms. The van der Waals surface area contributed by atoms with E-state index in [-0.39, 0.29) is 11.9 Å². The molecule has 0 bridgehead atoms. The predicted octanol–water partition coefficient (Wildman–Crippen LogP) is 4.02. The van der Waals surface area contributed by atoms with Gasteiger partial charge in [0, 0.05) is 42.8 Å². The van der Waals surface area contributed by atoms with Crippen LogP contribution in [-0.2, 0) is 0 Å². The van der Waals surface area contributed by atoms with Crippen LogP contribution < -0.4 is 10.2 Å². The van der Waals surface area contributed by atoms with Crippen LogP contribution in [0, 0.1) is 0 Å². The van der Waals surface area contributed by atoms with Crippen LogP contribution in [0.4, 0.5) is 5.95 Å². The van der Waals surface area contributed by atoms with Crippen LogP contribution in [0.5, 0.6) is 0 Å². The zero-order chi connectivity index (χ0) is 20.1. The Bertz CT molecular complexity index is 953. The molecule has 0 aliphatic carbocycles. The first-order valence-electron chi connectivity index (χ1n) is 10.1. The van der Waals surface area contributed by atoms with E-state index in [2.05, 4.69) is 20.2 Å². The molecule has 0 unspecified atom stereocenters. The van der Waals surface area contributed by atoms with Crippen LogP contribution in [0.25, 0.3) is 11.3 Å². The summed E-state index contributed by atoms with van der Waals surface area (Å²) in [7, 11) is 0. The number of carbonyl (C=O) groups is 1. The van der Waals surface area contributed by atoms with Gasteiger partial charge in [0.05, 0.1) is 11.7 Å². The molecular formula is C23H25N5O. The molecule has 0 saturated carbocycles. The van der Waals surface area contributed by atoms with Crippen LogP contribution in [0.1, 0.15) is 48.1 Å². The molecule has 1 aliphatic heterocycles. The number of benzene rings is 1.